The summed E-state index contributed by atoms with van der Waals surface area (Å²) in [5, 5.41) is 12.7. The van der Waals surface area contributed by atoms with Gasteiger partial charge >= 0.3 is 0 Å². The average Bonchev–Trinajstić information content (AvgIpc) is 3.02. The normalized spacial score (nSPS) is 11.1. The van der Waals surface area contributed by atoms with E-state index in [1.165, 1.54) is 23.1 Å². The second kappa shape index (κ2) is 7.73. The molecule has 0 saturated carbocycles. The Morgan fingerprint density at radius 2 is 2.25 bits per heavy atom. The second-order valence-electron chi connectivity index (χ2n) is 5.07. The molecule has 0 saturated heterocycles. The van der Waals surface area contributed by atoms with E-state index in [0.29, 0.717) is 30.1 Å². The smallest absolute Gasteiger partial charge is 0.258 e. The van der Waals surface area contributed by atoms with Crippen LogP contribution in [-0.4, -0.2) is 40.4 Å². The summed E-state index contributed by atoms with van der Waals surface area (Å²) in [4.78, 5) is 19.6. The third kappa shape index (κ3) is 3.92. The van der Waals surface area contributed by atoms with Gasteiger partial charge in [0.1, 0.15) is 5.82 Å². The minimum absolute atomic E-state index is 0.113. The topological polar surface area (TPSA) is 92.8 Å². The van der Waals surface area contributed by atoms with Crippen LogP contribution >= 0.6 is 23.1 Å². The summed E-state index contributed by atoms with van der Waals surface area (Å²) in [5.41, 5.74) is 1.62. The first kappa shape index (κ1) is 16.9. The Kier molecular flexibility index (Phi) is 5.44. The van der Waals surface area contributed by atoms with Gasteiger partial charge in [0, 0.05) is 13.7 Å². The van der Waals surface area contributed by atoms with Crippen LogP contribution in [0.25, 0.3) is 10.9 Å². The number of fused-ring (bicyclic) bond motifs is 1. The molecule has 0 aliphatic heterocycles. The fraction of sp³-hybridized carbons (Fsp3) is 0.333. The van der Waals surface area contributed by atoms with Crippen LogP contribution in [0.3, 0.4) is 0 Å². The lowest BCUT2D eigenvalue weighted by molar-refractivity contribution is 0.211. The van der Waals surface area contributed by atoms with E-state index in [1.54, 1.807) is 13.2 Å². The standard InChI is InChI=1S/C15H17N5O2S2/c1-9-4-3-5-10-12(9)17-11(18-13(10)21)8-23-15-20-19-14(24-15)16-6-7-22-2/h3-5H,6-8H2,1-2H3,(H,16,19)(H,17,18,21). The molecule has 24 heavy (non-hydrogen) atoms. The summed E-state index contributed by atoms with van der Waals surface area (Å²) in [6, 6.07) is 5.60. The Bertz CT molecular complexity index is 893. The molecule has 9 heteroatoms. The molecule has 2 aromatic heterocycles. The molecule has 126 valence electrons. The van der Waals surface area contributed by atoms with Crippen molar-refractivity contribution in [2.24, 2.45) is 0 Å². The lowest BCUT2D eigenvalue weighted by atomic mass is 10.1. The Hall–Kier alpha value is -1.97. The van der Waals surface area contributed by atoms with Crippen molar-refractivity contribution >= 4 is 39.1 Å². The first-order chi connectivity index (χ1) is 11.7. The SMILES string of the molecule is COCCNc1nnc(SCc2nc3c(C)cccc3c(=O)[nH]2)s1. The zero-order chi connectivity index (χ0) is 16.9. The van der Waals surface area contributed by atoms with Crippen molar-refractivity contribution in [3.8, 4) is 0 Å². The summed E-state index contributed by atoms with van der Waals surface area (Å²) < 4.78 is 5.80. The van der Waals surface area contributed by atoms with Crippen molar-refractivity contribution in [1.29, 1.82) is 0 Å². The number of H-pyrrole nitrogens is 1. The molecule has 2 heterocycles. The van der Waals surface area contributed by atoms with Gasteiger partial charge in [-0.1, -0.05) is 35.2 Å². The van der Waals surface area contributed by atoms with Crippen LogP contribution in [0.5, 0.6) is 0 Å². The highest BCUT2D eigenvalue weighted by atomic mass is 32.2. The predicted octanol–water partition coefficient (Wildman–Crippen LogP) is 2.43. The number of hydrogen-bond acceptors (Lipinski definition) is 8. The summed E-state index contributed by atoms with van der Waals surface area (Å²) in [5.74, 6) is 1.17. The fourth-order valence-corrected chi connectivity index (χ4v) is 3.80. The molecule has 0 radical (unpaired) electrons. The van der Waals surface area contributed by atoms with Crippen LogP contribution in [0.2, 0.25) is 0 Å². The summed E-state index contributed by atoms with van der Waals surface area (Å²) >= 11 is 2.97. The molecule has 0 atom stereocenters. The number of thioether (sulfide) groups is 1. The quantitative estimate of drug-likeness (QED) is 0.492. The molecule has 3 rings (SSSR count). The van der Waals surface area contributed by atoms with Crippen molar-refractivity contribution in [2.45, 2.75) is 17.0 Å². The molecule has 0 aliphatic carbocycles. The lowest BCUT2D eigenvalue weighted by Gasteiger charge is -2.03. The molecule has 3 aromatic rings. The number of hydrogen-bond donors (Lipinski definition) is 2. The van der Waals surface area contributed by atoms with Crippen LogP contribution < -0.4 is 10.9 Å². The zero-order valence-electron chi connectivity index (χ0n) is 13.3. The van der Waals surface area contributed by atoms with E-state index in [1.807, 2.05) is 19.1 Å². The van der Waals surface area contributed by atoms with Gasteiger partial charge < -0.3 is 15.0 Å². The maximum Gasteiger partial charge on any atom is 0.258 e. The monoisotopic (exact) mass is 363 g/mol. The number of nitrogens with zero attached hydrogens (tertiary/aromatic N) is 3. The van der Waals surface area contributed by atoms with Gasteiger partial charge in [-0.25, -0.2) is 4.98 Å². The average molecular weight is 363 g/mol. The first-order valence-electron chi connectivity index (χ1n) is 7.35. The molecule has 2 N–H and O–H groups in total. The molecule has 0 spiro atoms. The van der Waals surface area contributed by atoms with E-state index >= 15 is 0 Å². The number of aromatic amines is 1. The molecule has 0 amide bonds. The van der Waals surface area contributed by atoms with Gasteiger partial charge in [-0.3, -0.25) is 4.79 Å². The van der Waals surface area contributed by atoms with Crippen LogP contribution in [0, 0.1) is 6.92 Å². The minimum Gasteiger partial charge on any atom is -0.383 e. The van der Waals surface area contributed by atoms with Gasteiger partial charge in [0.2, 0.25) is 5.13 Å². The number of anilines is 1. The fourth-order valence-electron chi connectivity index (χ4n) is 2.15. The maximum atomic E-state index is 12.2. The predicted molar refractivity (Wildman–Crippen MR) is 96.9 cm³/mol. The van der Waals surface area contributed by atoms with Crippen LogP contribution in [0.15, 0.2) is 27.3 Å². The molecular formula is C15H17N5O2S2. The van der Waals surface area contributed by atoms with Gasteiger partial charge in [0.25, 0.3) is 5.56 Å². The zero-order valence-corrected chi connectivity index (χ0v) is 15.0. The van der Waals surface area contributed by atoms with E-state index in [0.717, 1.165) is 20.6 Å². The van der Waals surface area contributed by atoms with E-state index < -0.39 is 0 Å². The van der Waals surface area contributed by atoms with E-state index in [9.17, 15) is 4.79 Å². The second-order valence-corrected chi connectivity index (χ2v) is 7.27. The highest BCUT2D eigenvalue weighted by Gasteiger charge is 2.09. The van der Waals surface area contributed by atoms with Crippen molar-refractivity contribution in [3.05, 3.63) is 39.9 Å². The highest BCUT2D eigenvalue weighted by molar-refractivity contribution is 8.00. The number of nitrogens with one attached hydrogen (secondary N) is 2. The van der Waals surface area contributed by atoms with Gasteiger partial charge in [0.15, 0.2) is 4.34 Å². The van der Waals surface area contributed by atoms with Crippen LogP contribution in [-0.2, 0) is 10.5 Å². The number of aryl methyl sites for hydroxylation is 1. The van der Waals surface area contributed by atoms with Gasteiger partial charge in [-0.15, -0.1) is 10.2 Å². The molecule has 7 nitrogen and oxygen atoms in total. The number of para-hydroxylation sites is 1. The molecule has 0 fully saturated rings. The van der Waals surface area contributed by atoms with Gasteiger partial charge in [-0.2, -0.15) is 0 Å². The molecule has 0 bridgehead atoms. The van der Waals surface area contributed by atoms with Gasteiger partial charge in [0.05, 0.1) is 23.3 Å². The summed E-state index contributed by atoms with van der Waals surface area (Å²) in [6.07, 6.45) is 0. The maximum absolute atomic E-state index is 12.2. The molecular weight excluding hydrogens is 346 g/mol. The third-order valence-corrected chi connectivity index (χ3v) is 5.33. The largest absolute Gasteiger partial charge is 0.383 e. The summed E-state index contributed by atoms with van der Waals surface area (Å²) in [7, 11) is 1.65. The third-order valence-electron chi connectivity index (χ3n) is 3.31. The first-order valence-corrected chi connectivity index (χ1v) is 9.15. The number of aromatic nitrogens is 4. The van der Waals surface area contributed by atoms with E-state index in [2.05, 4.69) is 25.5 Å². The van der Waals surface area contributed by atoms with E-state index in [-0.39, 0.29) is 5.56 Å². The summed E-state index contributed by atoms with van der Waals surface area (Å²) in [6.45, 7) is 3.26. The lowest BCUT2D eigenvalue weighted by Crippen LogP contribution is -2.11. The molecule has 1 aromatic carbocycles. The number of rotatable bonds is 7. The van der Waals surface area contributed by atoms with Crippen molar-refractivity contribution in [3.63, 3.8) is 0 Å². The Morgan fingerprint density at radius 1 is 1.38 bits per heavy atom. The van der Waals surface area contributed by atoms with Crippen LogP contribution in [0.4, 0.5) is 5.13 Å². The highest BCUT2D eigenvalue weighted by Crippen LogP contribution is 2.27. The Balaban J connectivity index is 1.70. The van der Waals surface area contributed by atoms with Crippen LogP contribution in [0.1, 0.15) is 11.4 Å². The van der Waals surface area contributed by atoms with Crippen molar-refractivity contribution < 1.29 is 4.74 Å². The number of methoxy groups -OCH3 is 1. The molecule has 0 aliphatic rings. The molecule has 0 unspecified atom stereocenters. The van der Waals surface area contributed by atoms with Gasteiger partial charge in [-0.05, 0) is 18.6 Å². The minimum atomic E-state index is -0.113. The number of benzene rings is 1. The van der Waals surface area contributed by atoms with Crippen molar-refractivity contribution in [1.82, 2.24) is 20.2 Å². The number of ether oxygens (including phenoxy) is 1. The van der Waals surface area contributed by atoms with Crippen molar-refractivity contribution in [2.75, 3.05) is 25.6 Å². The Morgan fingerprint density at radius 3 is 3.08 bits per heavy atom. The Labute approximate surface area is 146 Å². The van der Waals surface area contributed by atoms with E-state index in [4.69, 9.17) is 4.74 Å².